The summed E-state index contributed by atoms with van der Waals surface area (Å²) in [7, 11) is -4.75. The molecular formula is C66H75F23O2S. The molecule has 0 atom stereocenters. The highest BCUT2D eigenvalue weighted by atomic mass is 32.3. The number of carbonyl (C=O) groups excluding carboxylic acids is 1. The van der Waals surface area contributed by atoms with E-state index in [0.717, 1.165) is 75.3 Å². The molecule has 0 heterocycles. The summed E-state index contributed by atoms with van der Waals surface area (Å²) in [6.45, 7) is 0. The minimum absolute atomic E-state index is 0.0355. The van der Waals surface area contributed by atoms with Crippen LogP contribution in [0.2, 0.25) is 0 Å². The van der Waals surface area contributed by atoms with Crippen molar-refractivity contribution in [3.05, 3.63) is 88.0 Å². The molecule has 6 fully saturated rings. The van der Waals surface area contributed by atoms with E-state index in [4.69, 9.17) is 4.18 Å². The van der Waals surface area contributed by atoms with Crippen molar-refractivity contribution in [3.8, 4) is 0 Å². The van der Waals surface area contributed by atoms with Gasteiger partial charge in [-0.2, -0.15) is 101 Å². The van der Waals surface area contributed by atoms with Crippen LogP contribution < -0.4 is 0 Å². The number of benzene rings is 3. The van der Waals surface area contributed by atoms with Gasteiger partial charge < -0.3 is 4.18 Å². The zero-order valence-electron chi connectivity index (χ0n) is 50.3. The van der Waals surface area contributed by atoms with E-state index in [1.54, 1.807) is 0 Å². The quantitative estimate of drug-likeness (QED) is 0.105. The maximum absolute atomic E-state index is 17.6. The van der Waals surface area contributed by atoms with Gasteiger partial charge in [-0.3, -0.25) is 0 Å². The monoisotopic (exact) mass is 1370 g/mol. The summed E-state index contributed by atoms with van der Waals surface area (Å²) in [4.78, 5) is 15.3. The van der Waals surface area contributed by atoms with Gasteiger partial charge in [-0.1, -0.05) is 158 Å². The second-order valence-electron chi connectivity index (χ2n) is 26.5. The molecule has 6 aliphatic carbocycles. The number of alkyl halides is 23. The molecule has 2 nitrogen and oxygen atoms in total. The first-order valence-electron chi connectivity index (χ1n) is 32.1. The Morgan fingerprint density at radius 1 is 0.304 bits per heavy atom. The molecule has 6 saturated carbocycles. The molecule has 0 aromatic heterocycles. The van der Waals surface area contributed by atoms with Crippen molar-refractivity contribution in [2.45, 2.75) is 308 Å². The first kappa shape index (κ1) is 72.1. The van der Waals surface area contributed by atoms with E-state index in [2.05, 4.69) is 0 Å². The number of rotatable bonds is 20. The molecule has 0 unspecified atom stereocenters. The molecule has 9 rings (SSSR count). The van der Waals surface area contributed by atoms with Crippen molar-refractivity contribution in [1.82, 2.24) is 0 Å². The standard InChI is InChI=1S/C66H75F23O2S/c67-56(68,57(69,70)58(71,72)59(73,74)60(75,76)61(77,78)62(79,80)63(81,82)64(83,84)65(85,86)66(87,88)89)55(90)91-92(48-34-20-7-21-35-48,53-49(42-26-12-3-13-27-42)36-46(40-22-8-1-9-23-40)37-50(53)43-28-14-4-15-29-43)54-51(44-30-16-5-17-31-44)38-47(41-24-10-2-11-25-41)39-52(54)45-32-18-6-19-33-45/h7,20-21,34-45H,1-6,8-19,22-33H2. The fourth-order valence-electron chi connectivity index (χ4n) is 15.4. The van der Waals surface area contributed by atoms with E-state index < -0.39 is 105 Å². The summed E-state index contributed by atoms with van der Waals surface area (Å²) in [5.41, 5.74) is 3.31. The largest absolute Gasteiger partial charge is 0.460 e. The van der Waals surface area contributed by atoms with Crippen LogP contribution in [0.1, 0.15) is 262 Å². The van der Waals surface area contributed by atoms with Crippen LogP contribution in [0.15, 0.2) is 69.3 Å². The van der Waals surface area contributed by atoms with Crippen LogP contribution >= 0.6 is 10.3 Å². The van der Waals surface area contributed by atoms with Gasteiger partial charge in [-0.05, 0) is 168 Å². The molecule has 26 heteroatoms. The molecule has 0 radical (unpaired) electrons. The zero-order chi connectivity index (χ0) is 67.5. The van der Waals surface area contributed by atoms with Gasteiger partial charge >= 0.3 is 71.4 Å². The van der Waals surface area contributed by atoms with Crippen molar-refractivity contribution in [1.29, 1.82) is 0 Å². The minimum atomic E-state index is -9.58. The van der Waals surface area contributed by atoms with Crippen molar-refractivity contribution in [2.24, 2.45) is 0 Å². The van der Waals surface area contributed by atoms with E-state index in [1.807, 2.05) is 24.3 Å². The van der Waals surface area contributed by atoms with Gasteiger partial charge in [0.25, 0.3) is 0 Å². The highest BCUT2D eigenvalue weighted by Crippen LogP contribution is 2.77. The van der Waals surface area contributed by atoms with Crippen LogP contribution in [0.4, 0.5) is 101 Å². The summed E-state index contributed by atoms with van der Waals surface area (Å²) < 4.78 is 355. The Bertz CT molecular complexity index is 2830. The van der Waals surface area contributed by atoms with Gasteiger partial charge in [0.15, 0.2) is 0 Å². The second-order valence-corrected chi connectivity index (χ2v) is 29.1. The zero-order valence-corrected chi connectivity index (χ0v) is 51.1. The maximum Gasteiger partial charge on any atom is 0.460 e. The number of halogens is 23. The number of hydrogen-bond donors (Lipinski definition) is 0. The molecule has 0 bridgehead atoms. The Balaban J connectivity index is 1.35. The molecule has 3 aromatic rings. The second kappa shape index (κ2) is 26.4. The van der Waals surface area contributed by atoms with Crippen molar-refractivity contribution in [2.75, 3.05) is 0 Å². The molecule has 0 spiro atoms. The van der Waals surface area contributed by atoms with Crippen LogP contribution in [-0.4, -0.2) is 71.4 Å². The molecule has 0 saturated heterocycles. The van der Waals surface area contributed by atoms with Crippen LogP contribution in [0.3, 0.4) is 0 Å². The summed E-state index contributed by atoms with van der Waals surface area (Å²) in [5, 5.41) is 0. The topological polar surface area (TPSA) is 26.3 Å². The van der Waals surface area contributed by atoms with Crippen LogP contribution in [0.25, 0.3) is 0 Å². The minimum Gasteiger partial charge on any atom is -0.397 e. The molecule has 0 aliphatic heterocycles. The van der Waals surface area contributed by atoms with Gasteiger partial charge in [-0.15, -0.1) is 0 Å². The van der Waals surface area contributed by atoms with Gasteiger partial charge in [0.1, 0.15) is 0 Å². The first-order chi connectivity index (χ1) is 42.8. The average molecular weight is 1370 g/mol. The normalized spacial score (nSPS) is 21.4. The van der Waals surface area contributed by atoms with Crippen molar-refractivity contribution < 1.29 is 110 Å². The van der Waals surface area contributed by atoms with Crippen LogP contribution in [-0.2, 0) is 8.98 Å². The van der Waals surface area contributed by atoms with Crippen LogP contribution in [0.5, 0.6) is 0 Å². The summed E-state index contributed by atoms with van der Waals surface area (Å²) in [6.07, 6.45) is 10.6. The highest BCUT2D eigenvalue weighted by molar-refractivity contribution is 8.30. The lowest BCUT2D eigenvalue weighted by molar-refractivity contribution is -0.477. The van der Waals surface area contributed by atoms with E-state index in [9.17, 15) is 48.3 Å². The third-order valence-corrected chi connectivity index (χ3v) is 24.1. The molecule has 518 valence electrons. The van der Waals surface area contributed by atoms with E-state index in [1.165, 1.54) is 30.3 Å². The van der Waals surface area contributed by atoms with Crippen molar-refractivity contribution >= 4 is 16.3 Å². The predicted octanol–water partition coefficient (Wildman–Crippen LogP) is 24.6. The summed E-state index contributed by atoms with van der Waals surface area (Å²) >= 11 is 0. The van der Waals surface area contributed by atoms with E-state index >= 15 is 57.5 Å². The number of hydrogen-bond acceptors (Lipinski definition) is 2. The molecule has 92 heavy (non-hydrogen) atoms. The lowest BCUT2D eigenvalue weighted by Gasteiger charge is -2.49. The molecule has 3 aromatic carbocycles. The number of carbonyl (C=O) groups is 1. The average Bonchev–Trinajstić information content (AvgIpc) is 0.693. The molecular weight excluding hydrogens is 1290 g/mol. The fraction of sp³-hybridized carbons (Fsp3) is 0.712. The van der Waals surface area contributed by atoms with Gasteiger partial charge in [0.2, 0.25) is 0 Å². The third-order valence-electron chi connectivity index (χ3n) is 20.7. The first-order valence-corrected chi connectivity index (χ1v) is 33.7. The Hall–Kier alpha value is -4.13. The SMILES string of the molecule is O=C(OS(c1ccccc1)(c1c(C2CCCCC2)cc(C2CCCCC2)cc1C1CCCCC1)c1c(C2CCCCC2)cc(C2CCCCC2)cc1C1CCCCC1)C(F)(F)C(F)(F)C(F)(F)C(F)(F)C(F)(F)C(F)(F)C(F)(F)C(F)(F)C(F)(F)C(F)(F)C(F)(F)F. The molecule has 0 N–H and O–H groups in total. The third kappa shape index (κ3) is 12.0. The maximum atomic E-state index is 17.6. The van der Waals surface area contributed by atoms with Crippen LogP contribution in [0, 0.1) is 0 Å². The Morgan fingerprint density at radius 3 is 0.783 bits per heavy atom. The van der Waals surface area contributed by atoms with E-state index in [0.29, 0.717) is 151 Å². The molecule has 6 aliphatic rings. The predicted molar refractivity (Wildman–Crippen MR) is 298 cm³/mol. The lowest BCUT2D eigenvalue weighted by atomic mass is 9.76. The molecule has 0 amide bonds. The smallest absolute Gasteiger partial charge is 0.397 e. The Labute approximate surface area is 520 Å². The highest BCUT2D eigenvalue weighted by Gasteiger charge is 2.99. The van der Waals surface area contributed by atoms with Gasteiger partial charge in [-0.25, -0.2) is 4.79 Å². The Morgan fingerprint density at radius 2 is 0.533 bits per heavy atom. The Kier molecular flexibility index (Phi) is 20.7. The summed E-state index contributed by atoms with van der Waals surface area (Å²) in [5.74, 6) is -96.9. The lowest BCUT2D eigenvalue weighted by Crippen LogP contribution is -2.78. The van der Waals surface area contributed by atoms with E-state index in [-0.39, 0.29) is 26.5 Å². The van der Waals surface area contributed by atoms with Gasteiger partial charge in [0.05, 0.1) is 0 Å². The fourth-order valence-corrected chi connectivity index (χ4v) is 19.4. The van der Waals surface area contributed by atoms with Gasteiger partial charge in [0, 0.05) is 14.7 Å². The van der Waals surface area contributed by atoms with Crippen molar-refractivity contribution in [3.63, 3.8) is 0 Å². The summed E-state index contributed by atoms with van der Waals surface area (Å²) in [6, 6.07) is 14.4.